The summed E-state index contributed by atoms with van der Waals surface area (Å²) in [5, 5.41) is 3.94. The number of benzene rings is 2. The highest BCUT2D eigenvalue weighted by atomic mass is 35.5. The van der Waals surface area contributed by atoms with Crippen LogP contribution in [0.15, 0.2) is 36.4 Å². The van der Waals surface area contributed by atoms with Crippen LogP contribution in [-0.2, 0) is 22.6 Å². The zero-order valence-electron chi connectivity index (χ0n) is 19.2. The molecule has 2 unspecified atom stereocenters. The summed E-state index contributed by atoms with van der Waals surface area (Å²) in [4.78, 5) is 27.7. The van der Waals surface area contributed by atoms with E-state index in [1.54, 1.807) is 30.0 Å². The summed E-state index contributed by atoms with van der Waals surface area (Å²) < 4.78 is 11.2. The van der Waals surface area contributed by atoms with Crippen molar-refractivity contribution in [2.75, 3.05) is 13.2 Å². The second kappa shape index (κ2) is 11.6. The molecular formula is C25H30Cl2N2O4. The number of hydrogen-bond donors (Lipinski definition) is 1. The number of nitrogens with one attached hydrogen (secondary N) is 1. The van der Waals surface area contributed by atoms with Gasteiger partial charge in [0.1, 0.15) is 19.3 Å². The largest absolute Gasteiger partial charge is 0.486 e. The first-order chi connectivity index (χ1) is 15.8. The predicted molar refractivity (Wildman–Crippen MR) is 130 cm³/mol. The SMILES string of the molecule is CCC(C)NC(=O)C(C)N(Cc1ccc(Cl)cc1Cl)C(=O)CCc1ccc2c(c1)OCCO2. The number of nitrogens with zero attached hydrogens (tertiary/aromatic N) is 1. The third-order valence-corrected chi connectivity index (χ3v) is 6.35. The van der Waals surface area contributed by atoms with Gasteiger partial charge in [0, 0.05) is 29.1 Å². The molecule has 0 spiro atoms. The van der Waals surface area contributed by atoms with E-state index in [2.05, 4.69) is 5.32 Å². The molecule has 0 aromatic heterocycles. The first kappa shape index (κ1) is 25.2. The first-order valence-electron chi connectivity index (χ1n) is 11.2. The summed E-state index contributed by atoms with van der Waals surface area (Å²) in [6, 6.07) is 10.2. The zero-order chi connectivity index (χ0) is 24.0. The van der Waals surface area contributed by atoms with Crippen molar-refractivity contribution in [3.05, 3.63) is 57.6 Å². The highest BCUT2D eigenvalue weighted by molar-refractivity contribution is 6.35. The lowest BCUT2D eigenvalue weighted by Gasteiger charge is -2.30. The molecule has 0 saturated heterocycles. The Morgan fingerprint density at radius 1 is 1.06 bits per heavy atom. The zero-order valence-corrected chi connectivity index (χ0v) is 20.7. The molecule has 1 aliphatic rings. The molecule has 1 aliphatic heterocycles. The van der Waals surface area contributed by atoms with E-state index in [1.807, 2.05) is 32.0 Å². The van der Waals surface area contributed by atoms with Gasteiger partial charge in [-0.1, -0.05) is 42.3 Å². The quantitative estimate of drug-likeness (QED) is 0.532. The van der Waals surface area contributed by atoms with Gasteiger partial charge in [-0.05, 0) is 62.1 Å². The maximum Gasteiger partial charge on any atom is 0.242 e. The number of rotatable bonds is 9. The Balaban J connectivity index is 1.75. The number of aryl methyl sites for hydroxylation is 1. The van der Waals surface area contributed by atoms with E-state index in [0.717, 1.165) is 17.5 Å². The summed E-state index contributed by atoms with van der Waals surface area (Å²) in [5.41, 5.74) is 1.70. The van der Waals surface area contributed by atoms with Gasteiger partial charge in [0.15, 0.2) is 11.5 Å². The fraction of sp³-hybridized carbons (Fsp3) is 0.440. The van der Waals surface area contributed by atoms with E-state index in [9.17, 15) is 9.59 Å². The molecule has 2 aromatic rings. The lowest BCUT2D eigenvalue weighted by atomic mass is 10.1. The topological polar surface area (TPSA) is 67.9 Å². The van der Waals surface area contributed by atoms with Crippen molar-refractivity contribution in [2.24, 2.45) is 0 Å². The molecule has 2 aromatic carbocycles. The van der Waals surface area contributed by atoms with Gasteiger partial charge in [0.05, 0.1) is 0 Å². The lowest BCUT2D eigenvalue weighted by molar-refractivity contribution is -0.140. The van der Waals surface area contributed by atoms with E-state index in [0.29, 0.717) is 41.2 Å². The van der Waals surface area contributed by atoms with Crippen molar-refractivity contribution in [3.63, 3.8) is 0 Å². The third kappa shape index (κ3) is 6.78. The van der Waals surface area contributed by atoms with E-state index >= 15 is 0 Å². The molecule has 3 rings (SSSR count). The molecule has 1 N–H and O–H groups in total. The van der Waals surface area contributed by atoms with E-state index in [-0.39, 0.29) is 30.8 Å². The molecule has 8 heteroatoms. The van der Waals surface area contributed by atoms with Crippen LogP contribution in [0.5, 0.6) is 11.5 Å². The minimum Gasteiger partial charge on any atom is -0.486 e. The van der Waals surface area contributed by atoms with Crippen molar-refractivity contribution >= 4 is 35.0 Å². The van der Waals surface area contributed by atoms with Gasteiger partial charge >= 0.3 is 0 Å². The Morgan fingerprint density at radius 3 is 2.48 bits per heavy atom. The molecular weight excluding hydrogens is 463 g/mol. The average molecular weight is 493 g/mol. The average Bonchev–Trinajstić information content (AvgIpc) is 2.81. The third-order valence-electron chi connectivity index (χ3n) is 5.76. The highest BCUT2D eigenvalue weighted by Gasteiger charge is 2.27. The Kier molecular flexibility index (Phi) is 8.87. The van der Waals surface area contributed by atoms with Crippen LogP contribution in [0.2, 0.25) is 10.0 Å². The van der Waals surface area contributed by atoms with E-state index in [1.165, 1.54) is 0 Å². The number of carbonyl (C=O) groups excluding carboxylic acids is 2. The smallest absolute Gasteiger partial charge is 0.242 e. The Bertz CT molecular complexity index is 998. The molecule has 2 amide bonds. The summed E-state index contributed by atoms with van der Waals surface area (Å²) >= 11 is 12.4. The van der Waals surface area contributed by atoms with Crippen LogP contribution < -0.4 is 14.8 Å². The fourth-order valence-electron chi connectivity index (χ4n) is 3.52. The highest BCUT2D eigenvalue weighted by Crippen LogP contribution is 2.31. The van der Waals surface area contributed by atoms with Crippen molar-refractivity contribution in [2.45, 2.75) is 58.7 Å². The first-order valence-corrected chi connectivity index (χ1v) is 12.0. The van der Waals surface area contributed by atoms with Crippen LogP contribution in [0.25, 0.3) is 0 Å². The minimum atomic E-state index is -0.654. The molecule has 6 nitrogen and oxygen atoms in total. The normalized spacial score (nSPS) is 14.3. The molecule has 0 saturated carbocycles. The van der Waals surface area contributed by atoms with Crippen molar-refractivity contribution in [1.29, 1.82) is 0 Å². The van der Waals surface area contributed by atoms with Crippen LogP contribution in [0.1, 0.15) is 44.7 Å². The number of carbonyl (C=O) groups is 2. The Morgan fingerprint density at radius 2 is 1.79 bits per heavy atom. The number of halogens is 2. The predicted octanol–water partition coefficient (Wildman–Crippen LogP) is 5.03. The number of fused-ring (bicyclic) bond motifs is 1. The molecule has 33 heavy (non-hydrogen) atoms. The van der Waals surface area contributed by atoms with Gasteiger partial charge in [0.2, 0.25) is 11.8 Å². The fourth-order valence-corrected chi connectivity index (χ4v) is 3.99. The van der Waals surface area contributed by atoms with Crippen molar-refractivity contribution < 1.29 is 19.1 Å². The molecule has 178 valence electrons. The molecule has 0 aliphatic carbocycles. The van der Waals surface area contributed by atoms with Gasteiger partial charge < -0.3 is 19.7 Å². The van der Waals surface area contributed by atoms with Crippen LogP contribution in [0.3, 0.4) is 0 Å². The van der Waals surface area contributed by atoms with Gasteiger partial charge in [-0.3, -0.25) is 9.59 Å². The van der Waals surface area contributed by atoms with Crippen LogP contribution in [-0.4, -0.2) is 42.0 Å². The van der Waals surface area contributed by atoms with Gasteiger partial charge in [-0.15, -0.1) is 0 Å². The summed E-state index contributed by atoms with van der Waals surface area (Å²) in [6.07, 6.45) is 1.56. The van der Waals surface area contributed by atoms with Gasteiger partial charge in [-0.2, -0.15) is 0 Å². The molecule has 0 bridgehead atoms. The van der Waals surface area contributed by atoms with E-state index in [4.69, 9.17) is 32.7 Å². The van der Waals surface area contributed by atoms with Crippen molar-refractivity contribution in [1.82, 2.24) is 10.2 Å². The maximum atomic E-state index is 13.3. The monoisotopic (exact) mass is 492 g/mol. The number of ether oxygens (including phenoxy) is 2. The summed E-state index contributed by atoms with van der Waals surface area (Å²) in [5.74, 6) is 1.08. The van der Waals surface area contributed by atoms with Gasteiger partial charge in [0.25, 0.3) is 0 Å². The summed E-state index contributed by atoms with van der Waals surface area (Å²) in [7, 11) is 0. The maximum absolute atomic E-state index is 13.3. The standard InChI is InChI=1S/C25H30Cl2N2O4/c1-4-16(2)28-25(31)17(3)29(15-19-7-8-20(26)14-21(19)27)24(30)10-6-18-5-9-22-23(13-18)33-12-11-32-22/h5,7-9,13-14,16-17H,4,6,10-12,15H2,1-3H3,(H,28,31). The Labute approximate surface area is 205 Å². The second-order valence-electron chi connectivity index (χ2n) is 8.23. The molecule has 1 heterocycles. The molecule has 0 fully saturated rings. The number of amides is 2. The second-order valence-corrected chi connectivity index (χ2v) is 9.07. The van der Waals surface area contributed by atoms with Crippen LogP contribution in [0.4, 0.5) is 0 Å². The lowest BCUT2D eigenvalue weighted by Crippen LogP contribution is -2.49. The van der Waals surface area contributed by atoms with Crippen LogP contribution in [0, 0.1) is 0 Å². The minimum absolute atomic E-state index is 0.0220. The van der Waals surface area contributed by atoms with E-state index < -0.39 is 6.04 Å². The Hall–Kier alpha value is -2.44. The van der Waals surface area contributed by atoms with Crippen LogP contribution >= 0.6 is 23.2 Å². The van der Waals surface area contributed by atoms with Crippen molar-refractivity contribution in [3.8, 4) is 11.5 Å². The number of hydrogen-bond acceptors (Lipinski definition) is 4. The van der Waals surface area contributed by atoms with Gasteiger partial charge in [-0.25, -0.2) is 0 Å². The summed E-state index contributed by atoms with van der Waals surface area (Å²) in [6.45, 7) is 6.93. The molecule has 0 radical (unpaired) electrons. The molecule has 2 atom stereocenters.